The number of nitrogens with zero attached hydrogens (tertiary/aromatic N) is 2. The highest BCUT2D eigenvalue weighted by Crippen LogP contribution is 2.24. The first kappa shape index (κ1) is 15.2. The van der Waals surface area contributed by atoms with Crippen LogP contribution in [0.1, 0.15) is 11.1 Å². The molecule has 23 heavy (non-hydrogen) atoms. The number of methoxy groups -OCH3 is 1. The lowest BCUT2D eigenvalue weighted by Gasteiger charge is -2.06. The molecule has 0 radical (unpaired) electrons. The van der Waals surface area contributed by atoms with E-state index >= 15 is 0 Å². The number of aromatic nitrogens is 2. The van der Waals surface area contributed by atoms with Crippen molar-refractivity contribution in [1.29, 1.82) is 0 Å². The molecule has 118 valence electrons. The Morgan fingerprint density at radius 1 is 1.35 bits per heavy atom. The van der Waals surface area contributed by atoms with Crippen molar-refractivity contribution in [2.75, 3.05) is 12.4 Å². The number of anilines is 1. The average molecular weight is 329 g/mol. The fourth-order valence-electron chi connectivity index (χ4n) is 2.17. The lowest BCUT2D eigenvalue weighted by Crippen LogP contribution is -2.14. The van der Waals surface area contributed by atoms with Gasteiger partial charge in [-0.1, -0.05) is 23.3 Å². The van der Waals surface area contributed by atoms with Gasteiger partial charge in [-0.25, -0.2) is 0 Å². The third-order valence-electron chi connectivity index (χ3n) is 3.23. The van der Waals surface area contributed by atoms with Crippen molar-refractivity contribution in [3.63, 3.8) is 0 Å². The third kappa shape index (κ3) is 3.57. The summed E-state index contributed by atoms with van der Waals surface area (Å²) in [5.74, 6) is 0.984. The SMILES string of the molecule is COc1ccc(CC(=O)Nc2nnc(-c3cccs3)o2)cc1C. The highest BCUT2D eigenvalue weighted by atomic mass is 32.1. The molecule has 1 amide bonds. The number of carbonyl (C=O) groups excluding carboxylic acids is 1. The number of hydrogen-bond donors (Lipinski definition) is 1. The van der Waals surface area contributed by atoms with Gasteiger partial charge in [0.05, 0.1) is 18.4 Å². The zero-order valence-electron chi connectivity index (χ0n) is 12.7. The topological polar surface area (TPSA) is 77.2 Å². The van der Waals surface area contributed by atoms with Gasteiger partial charge in [0.25, 0.3) is 5.89 Å². The summed E-state index contributed by atoms with van der Waals surface area (Å²) >= 11 is 1.50. The molecule has 3 aromatic rings. The minimum absolute atomic E-state index is 0.101. The summed E-state index contributed by atoms with van der Waals surface area (Å²) in [6.45, 7) is 1.94. The number of nitrogens with one attached hydrogen (secondary N) is 1. The zero-order valence-corrected chi connectivity index (χ0v) is 13.5. The van der Waals surface area contributed by atoms with E-state index in [9.17, 15) is 4.79 Å². The minimum Gasteiger partial charge on any atom is -0.496 e. The molecule has 0 atom stereocenters. The molecule has 3 rings (SSSR count). The zero-order chi connectivity index (χ0) is 16.2. The fraction of sp³-hybridized carbons (Fsp3) is 0.188. The second-order valence-electron chi connectivity index (χ2n) is 4.92. The van der Waals surface area contributed by atoms with Gasteiger partial charge in [0, 0.05) is 0 Å². The van der Waals surface area contributed by atoms with Gasteiger partial charge in [-0.05, 0) is 35.6 Å². The van der Waals surface area contributed by atoms with Crippen LogP contribution in [0, 0.1) is 6.92 Å². The number of thiophene rings is 1. The molecule has 2 aromatic heterocycles. The second kappa shape index (κ2) is 6.62. The van der Waals surface area contributed by atoms with Gasteiger partial charge < -0.3 is 9.15 Å². The molecule has 0 fully saturated rings. The van der Waals surface area contributed by atoms with Crippen LogP contribution in [0.25, 0.3) is 10.8 Å². The van der Waals surface area contributed by atoms with Crippen LogP contribution in [0.3, 0.4) is 0 Å². The molecular weight excluding hydrogens is 314 g/mol. The molecule has 0 aliphatic rings. The van der Waals surface area contributed by atoms with E-state index in [2.05, 4.69) is 15.5 Å². The van der Waals surface area contributed by atoms with Crippen molar-refractivity contribution in [3.05, 3.63) is 46.8 Å². The molecule has 6 nitrogen and oxygen atoms in total. The number of benzene rings is 1. The highest BCUT2D eigenvalue weighted by Gasteiger charge is 2.12. The van der Waals surface area contributed by atoms with Gasteiger partial charge in [-0.3, -0.25) is 10.1 Å². The Kier molecular flexibility index (Phi) is 4.38. The van der Waals surface area contributed by atoms with Crippen LogP contribution < -0.4 is 10.1 Å². The number of ether oxygens (including phenoxy) is 1. The molecule has 0 aliphatic carbocycles. The molecule has 0 saturated carbocycles. The Bertz CT molecular complexity index is 812. The van der Waals surface area contributed by atoms with E-state index in [4.69, 9.17) is 9.15 Å². The van der Waals surface area contributed by atoms with Crippen molar-refractivity contribution in [2.45, 2.75) is 13.3 Å². The first-order valence-electron chi connectivity index (χ1n) is 6.96. The maximum absolute atomic E-state index is 12.1. The van der Waals surface area contributed by atoms with Gasteiger partial charge in [0.1, 0.15) is 5.75 Å². The summed E-state index contributed by atoms with van der Waals surface area (Å²) in [5, 5.41) is 12.3. The number of hydrogen-bond acceptors (Lipinski definition) is 6. The van der Waals surface area contributed by atoms with Gasteiger partial charge >= 0.3 is 6.01 Å². The van der Waals surface area contributed by atoms with E-state index in [0.29, 0.717) is 5.89 Å². The average Bonchev–Trinajstić information content (AvgIpc) is 3.18. The van der Waals surface area contributed by atoms with Crippen molar-refractivity contribution in [3.8, 4) is 16.5 Å². The van der Waals surface area contributed by atoms with Crippen LogP contribution >= 0.6 is 11.3 Å². The van der Waals surface area contributed by atoms with Crippen molar-refractivity contribution >= 4 is 23.3 Å². The van der Waals surface area contributed by atoms with Gasteiger partial charge in [-0.2, -0.15) is 0 Å². The summed E-state index contributed by atoms with van der Waals surface area (Å²) in [4.78, 5) is 12.9. The molecule has 0 unspecified atom stereocenters. The third-order valence-corrected chi connectivity index (χ3v) is 4.09. The van der Waals surface area contributed by atoms with Gasteiger partial charge in [-0.15, -0.1) is 16.4 Å². The van der Waals surface area contributed by atoms with E-state index < -0.39 is 0 Å². The molecule has 0 aliphatic heterocycles. The number of carbonyl (C=O) groups is 1. The van der Waals surface area contributed by atoms with E-state index in [1.165, 1.54) is 11.3 Å². The summed E-state index contributed by atoms with van der Waals surface area (Å²) in [6.07, 6.45) is 0.224. The molecule has 1 aromatic carbocycles. The molecular formula is C16H15N3O3S. The summed E-state index contributed by atoms with van der Waals surface area (Å²) in [7, 11) is 1.62. The molecule has 2 heterocycles. The summed E-state index contributed by atoms with van der Waals surface area (Å²) in [5.41, 5.74) is 1.87. The molecule has 0 bridgehead atoms. The molecule has 7 heteroatoms. The van der Waals surface area contributed by atoms with E-state index in [-0.39, 0.29) is 18.3 Å². The Hall–Kier alpha value is -2.67. The van der Waals surface area contributed by atoms with Gasteiger partial charge in [0.15, 0.2) is 0 Å². The van der Waals surface area contributed by atoms with Crippen molar-refractivity contribution < 1.29 is 13.9 Å². The Morgan fingerprint density at radius 2 is 2.22 bits per heavy atom. The Labute approximate surface area is 137 Å². The smallest absolute Gasteiger partial charge is 0.322 e. The van der Waals surface area contributed by atoms with Crippen LogP contribution in [0.15, 0.2) is 40.1 Å². The normalized spacial score (nSPS) is 10.5. The van der Waals surface area contributed by atoms with E-state index in [1.807, 2.05) is 42.6 Å². The number of rotatable bonds is 5. The van der Waals surface area contributed by atoms with Crippen LogP contribution in [0.2, 0.25) is 0 Å². The standard InChI is InChI=1S/C16H15N3O3S/c1-10-8-11(5-6-12(10)21-2)9-14(20)17-16-19-18-15(22-16)13-4-3-7-23-13/h3-8H,9H2,1-2H3,(H,17,19,20). The summed E-state index contributed by atoms with van der Waals surface area (Å²) < 4.78 is 10.6. The maximum atomic E-state index is 12.1. The van der Waals surface area contributed by atoms with Crippen LogP contribution in [-0.4, -0.2) is 23.2 Å². The first-order chi connectivity index (χ1) is 11.2. The predicted molar refractivity (Wildman–Crippen MR) is 87.7 cm³/mol. The lowest BCUT2D eigenvalue weighted by molar-refractivity contribution is -0.115. The second-order valence-corrected chi connectivity index (χ2v) is 5.87. The van der Waals surface area contributed by atoms with Crippen LogP contribution in [0.5, 0.6) is 5.75 Å². The minimum atomic E-state index is -0.212. The highest BCUT2D eigenvalue weighted by molar-refractivity contribution is 7.13. The Morgan fingerprint density at radius 3 is 2.91 bits per heavy atom. The van der Waals surface area contributed by atoms with E-state index in [1.54, 1.807) is 7.11 Å². The lowest BCUT2D eigenvalue weighted by atomic mass is 10.1. The van der Waals surface area contributed by atoms with Crippen LogP contribution in [-0.2, 0) is 11.2 Å². The predicted octanol–water partition coefficient (Wildman–Crippen LogP) is 3.30. The maximum Gasteiger partial charge on any atom is 0.322 e. The van der Waals surface area contributed by atoms with Crippen molar-refractivity contribution in [2.24, 2.45) is 0 Å². The monoisotopic (exact) mass is 329 g/mol. The summed E-state index contributed by atoms with van der Waals surface area (Å²) in [6, 6.07) is 9.50. The molecule has 0 spiro atoms. The Balaban J connectivity index is 1.64. The molecule has 0 saturated heterocycles. The van der Waals surface area contributed by atoms with E-state index in [0.717, 1.165) is 21.8 Å². The van der Waals surface area contributed by atoms with Crippen molar-refractivity contribution in [1.82, 2.24) is 10.2 Å². The van der Waals surface area contributed by atoms with Gasteiger partial charge in [0.2, 0.25) is 5.91 Å². The first-order valence-corrected chi connectivity index (χ1v) is 7.84. The van der Waals surface area contributed by atoms with Crippen LogP contribution in [0.4, 0.5) is 6.01 Å². The quantitative estimate of drug-likeness (QED) is 0.777. The number of amides is 1. The number of aryl methyl sites for hydroxylation is 1. The molecule has 1 N–H and O–H groups in total. The fourth-order valence-corrected chi connectivity index (χ4v) is 2.82. The largest absolute Gasteiger partial charge is 0.496 e.